The van der Waals surface area contributed by atoms with Gasteiger partial charge in [0.2, 0.25) is 0 Å². The Labute approximate surface area is 181 Å². The Morgan fingerprint density at radius 3 is 2.62 bits per heavy atom. The van der Waals surface area contributed by atoms with E-state index in [1.54, 1.807) is 23.3 Å². The summed E-state index contributed by atoms with van der Waals surface area (Å²) in [6.07, 6.45) is 4.68. The molecule has 29 heavy (non-hydrogen) atoms. The number of para-hydroxylation sites is 1. The summed E-state index contributed by atoms with van der Waals surface area (Å²) in [6.45, 7) is 1.67. The van der Waals surface area contributed by atoms with Crippen LogP contribution < -0.4 is 10.6 Å². The minimum Gasteiger partial charge on any atom is -0.391 e. The maximum Gasteiger partial charge on any atom is 0.255 e. The number of amides is 1. The van der Waals surface area contributed by atoms with Gasteiger partial charge in [-0.1, -0.05) is 18.2 Å². The zero-order valence-electron chi connectivity index (χ0n) is 15.6. The number of nitrogens with zero attached hydrogens (tertiary/aromatic N) is 3. The van der Waals surface area contributed by atoms with Crippen molar-refractivity contribution < 1.29 is 9.90 Å². The van der Waals surface area contributed by atoms with Crippen molar-refractivity contribution in [1.82, 2.24) is 25.4 Å². The highest BCUT2D eigenvalue weighted by Crippen LogP contribution is 2.23. The van der Waals surface area contributed by atoms with Gasteiger partial charge in [-0.15, -0.1) is 24.8 Å². The summed E-state index contributed by atoms with van der Waals surface area (Å²) in [4.78, 5) is 17.0. The van der Waals surface area contributed by atoms with E-state index in [1.807, 2.05) is 42.5 Å². The van der Waals surface area contributed by atoms with E-state index in [4.69, 9.17) is 0 Å². The molecular weight excluding hydrogens is 413 g/mol. The van der Waals surface area contributed by atoms with Crippen LogP contribution in [0.2, 0.25) is 0 Å². The predicted octanol–water partition coefficient (Wildman–Crippen LogP) is 2.09. The molecule has 1 amide bonds. The number of aliphatic hydroxyl groups excluding tert-OH is 1. The highest BCUT2D eigenvalue weighted by Gasteiger charge is 2.26. The maximum absolute atomic E-state index is 12.9. The molecule has 1 aliphatic rings. The third-order valence-corrected chi connectivity index (χ3v) is 4.74. The molecule has 9 heteroatoms. The average molecular weight is 436 g/mol. The van der Waals surface area contributed by atoms with Crippen molar-refractivity contribution in [2.24, 2.45) is 5.92 Å². The Bertz CT molecular complexity index is 921. The molecule has 2 unspecified atom stereocenters. The fourth-order valence-electron chi connectivity index (χ4n) is 3.22. The normalized spacial score (nSPS) is 17.8. The Hall–Kier alpha value is -2.45. The van der Waals surface area contributed by atoms with E-state index in [2.05, 4.69) is 20.7 Å². The largest absolute Gasteiger partial charge is 0.391 e. The van der Waals surface area contributed by atoms with Crippen LogP contribution in [0.1, 0.15) is 10.4 Å². The van der Waals surface area contributed by atoms with Gasteiger partial charge in [-0.3, -0.25) is 9.78 Å². The zero-order chi connectivity index (χ0) is 18.6. The number of carbonyl (C=O) groups is 1. The van der Waals surface area contributed by atoms with E-state index in [-0.39, 0.29) is 36.6 Å². The topological polar surface area (TPSA) is 92.1 Å². The average Bonchev–Trinajstić information content (AvgIpc) is 3.34. The predicted molar refractivity (Wildman–Crippen MR) is 116 cm³/mol. The molecule has 0 radical (unpaired) electrons. The van der Waals surface area contributed by atoms with Crippen LogP contribution in [0.5, 0.6) is 0 Å². The Morgan fingerprint density at radius 2 is 1.97 bits per heavy atom. The fraction of sp³-hybridized carbons (Fsp3) is 0.250. The van der Waals surface area contributed by atoms with E-state index in [0.29, 0.717) is 30.9 Å². The minimum absolute atomic E-state index is 0. The molecule has 2 atom stereocenters. The number of benzene rings is 1. The fourth-order valence-corrected chi connectivity index (χ4v) is 3.22. The van der Waals surface area contributed by atoms with Crippen molar-refractivity contribution in [2.45, 2.75) is 6.10 Å². The number of pyridine rings is 1. The monoisotopic (exact) mass is 435 g/mol. The molecule has 4 rings (SSSR count). The molecule has 1 saturated heterocycles. The van der Waals surface area contributed by atoms with E-state index in [0.717, 1.165) is 11.3 Å². The molecule has 1 fully saturated rings. The van der Waals surface area contributed by atoms with Crippen LogP contribution in [0, 0.1) is 5.92 Å². The van der Waals surface area contributed by atoms with Gasteiger partial charge in [0.1, 0.15) is 5.69 Å². The lowest BCUT2D eigenvalue weighted by molar-refractivity contribution is 0.0927. The van der Waals surface area contributed by atoms with Gasteiger partial charge in [0.25, 0.3) is 5.91 Å². The molecule has 154 valence electrons. The summed E-state index contributed by atoms with van der Waals surface area (Å²) < 4.78 is 1.70. The molecule has 3 aromatic rings. The van der Waals surface area contributed by atoms with Crippen molar-refractivity contribution in [3.05, 3.63) is 66.6 Å². The first-order valence-electron chi connectivity index (χ1n) is 8.95. The van der Waals surface area contributed by atoms with Crippen LogP contribution in [0.3, 0.4) is 0 Å². The van der Waals surface area contributed by atoms with Crippen molar-refractivity contribution in [3.63, 3.8) is 0 Å². The molecule has 2 aromatic heterocycles. The Kier molecular flexibility index (Phi) is 8.16. The summed E-state index contributed by atoms with van der Waals surface area (Å²) in [7, 11) is 0. The lowest BCUT2D eigenvalue weighted by Crippen LogP contribution is -2.34. The van der Waals surface area contributed by atoms with Crippen LogP contribution in [0.25, 0.3) is 16.9 Å². The number of hydrogen-bond acceptors (Lipinski definition) is 5. The summed E-state index contributed by atoms with van der Waals surface area (Å²) in [6, 6.07) is 13.4. The quantitative estimate of drug-likeness (QED) is 0.570. The van der Waals surface area contributed by atoms with Crippen LogP contribution in [0.15, 0.2) is 61.1 Å². The molecule has 3 heterocycles. The highest BCUT2D eigenvalue weighted by atomic mass is 35.5. The number of halogens is 2. The molecule has 0 saturated carbocycles. The third kappa shape index (κ3) is 5.13. The summed E-state index contributed by atoms with van der Waals surface area (Å²) in [5.74, 6) is -0.199. The number of aliphatic hydroxyl groups is 1. The first-order chi connectivity index (χ1) is 13.2. The van der Waals surface area contributed by atoms with E-state index < -0.39 is 6.10 Å². The number of hydrogen-bond donors (Lipinski definition) is 3. The van der Waals surface area contributed by atoms with Crippen molar-refractivity contribution >= 4 is 30.7 Å². The van der Waals surface area contributed by atoms with Crippen LogP contribution in [0.4, 0.5) is 0 Å². The third-order valence-electron chi connectivity index (χ3n) is 4.74. The number of aromatic nitrogens is 3. The van der Waals surface area contributed by atoms with Crippen molar-refractivity contribution in [1.29, 1.82) is 0 Å². The van der Waals surface area contributed by atoms with E-state index in [1.165, 1.54) is 0 Å². The number of nitrogens with one attached hydrogen (secondary N) is 2. The first kappa shape index (κ1) is 22.8. The van der Waals surface area contributed by atoms with Crippen molar-refractivity contribution in [3.8, 4) is 16.9 Å². The van der Waals surface area contributed by atoms with Crippen LogP contribution >= 0.6 is 24.8 Å². The number of rotatable bonds is 5. The van der Waals surface area contributed by atoms with Gasteiger partial charge in [0.05, 0.1) is 17.4 Å². The van der Waals surface area contributed by atoms with Gasteiger partial charge in [-0.05, 0) is 24.3 Å². The number of β-amino-alcohol motifs (C(OH)–C–C–N with tert-alkyl or cyclic N) is 1. The molecule has 1 aromatic carbocycles. The van der Waals surface area contributed by atoms with Gasteiger partial charge < -0.3 is 15.7 Å². The van der Waals surface area contributed by atoms with Gasteiger partial charge in [0.15, 0.2) is 0 Å². The molecule has 3 N–H and O–H groups in total. The smallest absolute Gasteiger partial charge is 0.255 e. The molecule has 7 nitrogen and oxygen atoms in total. The van der Waals surface area contributed by atoms with Crippen LogP contribution in [-0.2, 0) is 0 Å². The molecule has 0 spiro atoms. The Morgan fingerprint density at radius 1 is 1.17 bits per heavy atom. The summed E-state index contributed by atoms with van der Waals surface area (Å²) >= 11 is 0. The molecular formula is C20H23Cl2N5O2. The SMILES string of the molecule is Cl.Cl.O=C(NCC1CNCC1O)c1cn(-c2ccccc2)nc1-c1cccnc1. The summed E-state index contributed by atoms with van der Waals surface area (Å²) in [5, 5.41) is 20.6. The lowest BCUT2D eigenvalue weighted by atomic mass is 10.1. The molecule has 0 aliphatic carbocycles. The van der Waals surface area contributed by atoms with E-state index in [9.17, 15) is 9.90 Å². The van der Waals surface area contributed by atoms with Crippen LogP contribution in [-0.4, -0.2) is 51.5 Å². The summed E-state index contributed by atoms with van der Waals surface area (Å²) in [5.41, 5.74) is 2.71. The standard InChI is InChI=1S/C20H21N5O2.2ClH/c26-18-12-22-10-15(18)11-23-20(27)17-13-25(16-6-2-1-3-7-16)24-19(17)14-5-4-8-21-9-14;;/h1-9,13,15,18,22,26H,10-12H2,(H,23,27);2*1H. The van der Waals surface area contributed by atoms with Crippen molar-refractivity contribution in [2.75, 3.05) is 19.6 Å². The number of carbonyl (C=O) groups excluding carboxylic acids is 1. The van der Waals surface area contributed by atoms with Gasteiger partial charge in [-0.2, -0.15) is 5.10 Å². The van der Waals surface area contributed by atoms with E-state index >= 15 is 0 Å². The van der Waals surface area contributed by atoms with Gasteiger partial charge in [0, 0.05) is 49.7 Å². The second-order valence-electron chi connectivity index (χ2n) is 6.61. The second kappa shape index (κ2) is 10.4. The Balaban J connectivity index is 0.00000150. The molecule has 0 bridgehead atoms. The second-order valence-corrected chi connectivity index (χ2v) is 6.61. The first-order valence-corrected chi connectivity index (χ1v) is 8.95. The minimum atomic E-state index is -0.435. The maximum atomic E-state index is 12.9. The van der Waals surface area contributed by atoms with Gasteiger partial charge >= 0.3 is 0 Å². The van der Waals surface area contributed by atoms with Gasteiger partial charge in [-0.25, -0.2) is 4.68 Å². The zero-order valence-corrected chi connectivity index (χ0v) is 17.2. The highest BCUT2D eigenvalue weighted by molar-refractivity contribution is 5.99. The lowest BCUT2D eigenvalue weighted by Gasteiger charge is -2.14. The molecule has 1 aliphatic heterocycles.